The summed E-state index contributed by atoms with van der Waals surface area (Å²) in [5.41, 5.74) is 0.832. The van der Waals surface area contributed by atoms with Gasteiger partial charge >= 0.3 is 6.36 Å². The third-order valence-corrected chi connectivity index (χ3v) is 5.61. The molecule has 0 bridgehead atoms. The number of alkyl halides is 3. The van der Waals surface area contributed by atoms with Crippen LogP contribution in [0.25, 0.3) is 0 Å². The highest BCUT2D eigenvalue weighted by Crippen LogP contribution is 2.28. The predicted octanol–water partition coefficient (Wildman–Crippen LogP) is 4.97. The second-order valence-electron chi connectivity index (χ2n) is 6.33. The van der Waals surface area contributed by atoms with Crippen LogP contribution in [-0.4, -0.2) is 25.5 Å². The quantitative estimate of drug-likeness (QED) is 0.514. The van der Waals surface area contributed by atoms with Crippen LogP contribution in [-0.2, 0) is 10.0 Å². The summed E-state index contributed by atoms with van der Waals surface area (Å²) in [5.74, 6) is -1.05. The fourth-order valence-electron chi connectivity index (χ4n) is 2.66. The van der Waals surface area contributed by atoms with E-state index in [0.717, 1.165) is 24.3 Å². The molecule has 0 saturated carbocycles. The first-order valence-electron chi connectivity index (χ1n) is 8.60. The van der Waals surface area contributed by atoms with Crippen LogP contribution in [0.5, 0.6) is 5.75 Å². The van der Waals surface area contributed by atoms with E-state index in [2.05, 4.69) is 14.4 Å². The molecule has 6 nitrogen and oxygen atoms in total. The number of rotatable bonds is 6. The molecule has 11 heteroatoms. The fourth-order valence-corrected chi connectivity index (χ4v) is 3.91. The fraction of sp³-hybridized carbons (Fsp3) is 0.100. The molecule has 0 unspecified atom stereocenters. The van der Waals surface area contributed by atoms with E-state index in [4.69, 9.17) is 11.6 Å². The van der Waals surface area contributed by atoms with Gasteiger partial charge in [-0.2, -0.15) is 0 Å². The lowest BCUT2D eigenvalue weighted by Gasteiger charge is -2.14. The van der Waals surface area contributed by atoms with Crippen molar-refractivity contribution in [3.63, 3.8) is 0 Å². The molecular formula is C20H14ClF3N2O4S. The van der Waals surface area contributed by atoms with E-state index in [1.165, 1.54) is 30.5 Å². The maximum atomic E-state index is 12.9. The topological polar surface area (TPSA) is 85.4 Å². The minimum absolute atomic E-state index is 0.00120. The number of sulfonamides is 1. The van der Waals surface area contributed by atoms with Gasteiger partial charge in [0, 0.05) is 28.0 Å². The normalized spacial score (nSPS) is 11.8. The number of nitrogens with zero attached hydrogens (tertiary/aromatic N) is 1. The maximum Gasteiger partial charge on any atom is 0.573 e. The van der Waals surface area contributed by atoms with Gasteiger partial charge in [0.25, 0.3) is 10.0 Å². The molecule has 1 heterocycles. The van der Waals surface area contributed by atoms with Crippen molar-refractivity contribution in [3.05, 3.63) is 82.6 Å². The Balaban J connectivity index is 1.92. The van der Waals surface area contributed by atoms with Gasteiger partial charge in [-0.1, -0.05) is 11.6 Å². The minimum atomic E-state index is -4.90. The smallest absolute Gasteiger partial charge is 0.406 e. The second-order valence-corrected chi connectivity index (χ2v) is 8.45. The number of ketones is 1. The van der Waals surface area contributed by atoms with Gasteiger partial charge in [-0.15, -0.1) is 13.2 Å². The first kappa shape index (κ1) is 22.6. The number of aryl methyl sites for hydroxylation is 1. The summed E-state index contributed by atoms with van der Waals surface area (Å²) in [4.78, 5) is 16.6. The average Bonchev–Trinajstić information content (AvgIpc) is 2.68. The van der Waals surface area contributed by atoms with Crippen molar-refractivity contribution in [2.75, 3.05) is 4.72 Å². The number of hydrogen-bond acceptors (Lipinski definition) is 5. The van der Waals surface area contributed by atoms with Crippen LogP contribution >= 0.6 is 11.6 Å². The van der Waals surface area contributed by atoms with Crippen molar-refractivity contribution in [1.82, 2.24) is 4.98 Å². The SMILES string of the molecule is Cc1cc(C(=O)c2cc(Cl)ccc2NS(=O)(=O)c2ccc(OC(F)(F)F)cc2)ccn1. The van der Waals surface area contributed by atoms with Crippen LogP contribution in [0.15, 0.2) is 65.7 Å². The molecule has 0 saturated heterocycles. The molecule has 31 heavy (non-hydrogen) atoms. The Morgan fingerprint density at radius 1 is 1.06 bits per heavy atom. The van der Waals surface area contributed by atoms with E-state index in [1.54, 1.807) is 13.0 Å². The first-order valence-corrected chi connectivity index (χ1v) is 10.5. The zero-order chi connectivity index (χ0) is 22.8. The van der Waals surface area contributed by atoms with Crippen molar-refractivity contribution in [3.8, 4) is 5.75 Å². The number of benzene rings is 2. The highest BCUT2D eigenvalue weighted by molar-refractivity contribution is 7.92. The van der Waals surface area contributed by atoms with Crippen LogP contribution in [0.4, 0.5) is 18.9 Å². The van der Waals surface area contributed by atoms with Crippen LogP contribution in [0.3, 0.4) is 0 Å². The summed E-state index contributed by atoms with van der Waals surface area (Å²) in [5, 5.41) is 0.214. The number of nitrogens with one attached hydrogen (secondary N) is 1. The molecular weight excluding hydrogens is 457 g/mol. The zero-order valence-corrected chi connectivity index (χ0v) is 17.3. The number of anilines is 1. The molecule has 1 aromatic heterocycles. The van der Waals surface area contributed by atoms with Crippen LogP contribution < -0.4 is 9.46 Å². The number of ether oxygens (including phenoxy) is 1. The molecule has 3 aromatic rings. The largest absolute Gasteiger partial charge is 0.573 e. The van der Waals surface area contributed by atoms with Gasteiger partial charge in [-0.3, -0.25) is 14.5 Å². The lowest BCUT2D eigenvalue weighted by Crippen LogP contribution is -2.18. The van der Waals surface area contributed by atoms with Crippen LogP contribution in [0.2, 0.25) is 5.02 Å². The molecule has 0 aliphatic rings. The molecule has 0 aliphatic carbocycles. The Morgan fingerprint density at radius 3 is 2.35 bits per heavy atom. The molecule has 0 spiro atoms. The van der Waals surface area contributed by atoms with Crippen molar-refractivity contribution in [2.24, 2.45) is 0 Å². The van der Waals surface area contributed by atoms with Gasteiger partial charge in [-0.05, 0) is 61.5 Å². The van der Waals surface area contributed by atoms with E-state index >= 15 is 0 Å². The number of pyridine rings is 1. The van der Waals surface area contributed by atoms with Crippen LogP contribution in [0, 0.1) is 6.92 Å². The zero-order valence-electron chi connectivity index (χ0n) is 15.8. The molecule has 0 aliphatic heterocycles. The Kier molecular flexibility index (Phi) is 6.23. The number of halogens is 4. The predicted molar refractivity (Wildman–Crippen MR) is 108 cm³/mol. The number of aromatic nitrogens is 1. The Labute approximate surface area is 180 Å². The Morgan fingerprint density at radius 2 is 1.74 bits per heavy atom. The number of hydrogen-bond donors (Lipinski definition) is 1. The van der Waals surface area contributed by atoms with Gasteiger partial charge < -0.3 is 4.74 Å². The molecule has 0 atom stereocenters. The Bertz CT molecular complexity index is 1230. The summed E-state index contributed by atoms with van der Waals surface area (Å²) in [7, 11) is -4.23. The van der Waals surface area contributed by atoms with E-state index in [9.17, 15) is 26.4 Å². The second kappa shape index (κ2) is 8.56. The monoisotopic (exact) mass is 470 g/mol. The van der Waals surface area contributed by atoms with Crippen molar-refractivity contribution in [1.29, 1.82) is 0 Å². The lowest BCUT2D eigenvalue weighted by atomic mass is 10.0. The molecule has 0 fully saturated rings. The summed E-state index contributed by atoms with van der Waals surface area (Å²) in [6.45, 7) is 1.70. The van der Waals surface area contributed by atoms with E-state index in [1.807, 2.05) is 0 Å². The van der Waals surface area contributed by atoms with Crippen molar-refractivity contribution in [2.45, 2.75) is 18.2 Å². The number of carbonyl (C=O) groups is 1. The molecule has 3 rings (SSSR count). The highest BCUT2D eigenvalue weighted by atomic mass is 35.5. The van der Waals surface area contributed by atoms with Crippen molar-refractivity contribution < 1.29 is 31.1 Å². The van der Waals surface area contributed by atoms with Gasteiger partial charge in [0.1, 0.15) is 5.75 Å². The third-order valence-electron chi connectivity index (χ3n) is 4.00. The number of carbonyl (C=O) groups excluding carboxylic acids is 1. The summed E-state index contributed by atoms with van der Waals surface area (Å²) in [6.07, 6.45) is -3.45. The Hall–Kier alpha value is -3.11. The van der Waals surface area contributed by atoms with Crippen molar-refractivity contribution >= 4 is 33.1 Å². The maximum absolute atomic E-state index is 12.9. The molecule has 0 amide bonds. The minimum Gasteiger partial charge on any atom is -0.406 e. The average molecular weight is 471 g/mol. The molecule has 162 valence electrons. The summed E-state index contributed by atoms with van der Waals surface area (Å²) >= 11 is 5.99. The van der Waals surface area contributed by atoms with Gasteiger partial charge in [0.15, 0.2) is 5.78 Å². The molecule has 2 aromatic carbocycles. The van der Waals surface area contributed by atoms with E-state index in [0.29, 0.717) is 5.69 Å². The van der Waals surface area contributed by atoms with E-state index < -0.39 is 27.9 Å². The summed E-state index contributed by atoms with van der Waals surface area (Å²) < 4.78 is 68.3. The molecule has 0 radical (unpaired) electrons. The van der Waals surface area contributed by atoms with Crippen LogP contribution in [0.1, 0.15) is 21.6 Å². The first-order chi connectivity index (χ1) is 14.4. The molecule has 1 N–H and O–H groups in total. The van der Waals surface area contributed by atoms with Gasteiger partial charge in [-0.25, -0.2) is 8.42 Å². The standard InChI is InChI=1S/C20H14ClF3N2O4S/c1-12-10-13(8-9-25-12)19(27)17-11-14(21)2-7-18(17)26-31(28,29)16-5-3-15(4-6-16)30-20(22,23)24/h2-11,26H,1H3. The summed E-state index contributed by atoms with van der Waals surface area (Å²) in [6, 6.07) is 10.7. The highest BCUT2D eigenvalue weighted by Gasteiger charge is 2.31. The lowest BCUT2D eigenvalue weighted by molar-refractivity contribution is -0.274. The van der Waals surface area contributed by atoms with E-state index in [-0.39, 0.29) is 26.7 Å². The third kappa shape index (κ3) is 5.74. The van der Waals surface area contributed by atoms with Gasteiger partial charge in [0.05, 0.1) is 10.6 Å². The van der Waals surface area contributed by atoms with Gasteiger partial charge in [0.2, 0.25) is 0 Å².